The molecule has 2 N–H and O–H groups in total. The molecule has 4 aromatic rings. The molecule has 3 heterocycles. The Morgan fingerprint density at radius 2 is 2.00 bits per heavy atom. The second-order valence-corrected chi connectivity index (χ2v) is 6.81. The molecule has 4 rings (SSSR count). The van der Waals surface area contributed by atoms with Crippen LogP contribution in [-0.2, 0) is 13.2 Å². The van der Waals surface area contributed by atoms with Gasteiger partial charge in [-0.15, -0.1) is 0 Å². The zero-order valence-corrected chi connectivity index (χ0v) is 15.2. The highest BCUT2D eigenvalue weighted by Crippen LogP contribution is 2.29. The van der Waals surface area contributed by atoms with Crippen molar-refractivity contribution in [3.05, 3.63) is 64.8 Å². The first-order valence-corrected chi connectivity index (χ1v) is 8.83. The number of nitrogens with zero attached hydrogens (tertiary/aromatic N) is 4. The minimum Gasteiger partial charge on any atom is -0.325 e. The standard InChI is InChI=1S/C17H13F3N6OS/c1-25-13-4-2-3-12(15(13)16(27)23-25)24-28-11-5-6-14(21-8-11)26-9-10(7-22-26)17(18,19)20/h2-9,24H,1H3,(H,23,27). The molecule has 11 heteroatoms. The quantitative estimate of drug-likeness (QED) is 0.507. The number of pyridine rings is 1. The van der Waals surface area contributed by atoms with Gasteiger partial charge in [-0.05, 0) is 36.2 Å². The molecule has 0 atom stereocenters. The van der Waals surface area contributed by atoms with Crippen LogP contribution in [0.5, 0.6) is 0 Å². The second kappa shape index (κ2) is 6.75. The zero-order chi connectivity index (χ0) is 19.9. The number of nitrogens with one attached hydrogen (secondary N) is 2. The van der Waals surface area contributed by atoms with Crippen molar-refractivity contribution in [1.82, 2.24) is 24.5 Å². The lowest BCUT2D eigenvalue weighted by Crippen LogP contribution is -2.03. The molecule has 0 aliphatic heterocycles. The topological polar surface area (TPSA) is 80.5 Å². The van der Waals surface area contributed by atoms with E-state index in [1.54, 1.807) is 29.9 Å². The van der Waals surface area contributed by atoms with Crippen molar-refractivity contribution in [2.45, 2.75) is 11.1 Å². The summed E-state index contributed by atoms with van der Waals surface area (Å²) in [7, 11) is 1.75. The lowest BCUT2D eigenvalue weighted by molar-refractivity contribution is -0.137. The first kappa shape index (κ1) is 18.2. The van der Waals surface area contributed by atoms with E-state index in [2.05, 4.69) is 19.9 Å². The number of aromatic nitrogens is 5. The first-order valence-electron chi connectivity index (χ1n) is 8.02. The van der Waals surface area contributed by atoms with E-state index in [1.807, 2.05) is 12.1 Å². The summed E-state index contributed by atoms with van der Waals surface area (Å²) in [5.74, 6) is 0.265. The number of fused-ring (bicyclic) bond motifs is 1. The Morgan fingerprint density at radius 1 is 1.18 bits per heavy atom. The third kappa shape index (κ3) is 3.36. The molecule has 0 unspecified atom stereocenters. The van der Waals surface area contributed by atoms with Gasteiger partial charge in [-0.25, -0.2) is 9.67 Å². The predicted octanol–water partition coefficient (Wildman–Crippen LogP) is 3.59. The minimum atomic E-state index is -4.45. The van der Waals surface area contributed by atoms with Crippen molar-refractivity contribution >= 4 is 28.5 Å². The summed E-state index contributed by atoms with van der Waals surface area (Å²) in [4.78, 5) is 16.9. The van der Waals surface area contributed by atoms with Crippen LogP contribution in [0.2, 0.25) is 0 Å². The Balaban J connectivity index is 1.52. The third-order valence-electron chi connectivity index (χ3n) is 4.04. The Morgan fingerprint density at radius 3 is 2.68 bits per heavy atom. The van der Waals surface area contributed by atoms with Gasteiger partial charge in [-0.2, -0.15) is 18.3 Å². The maximum Gasteiger partial charge on any atom is 0.419 e. The van der Waals surface area contributed by atoms with Gasteiger partial charge in [0.05, 0.1) is 28.4 Å². The van der Waals surface area contributed by atoms with Crippen LogP contribution in [0.4, 0.5) is 18.9 Å². The molecule has 0 amide bonds. The number of aromatic amines is 1. The van der Waals surface area contributed by atoms with Crippen LogP contribution in [0.3, 0.4) is 0 Å². The summed E-state index contributed by atoms with van der Waals surface area (Å²) in [6.45, 7) is 0. The van der Waals surface area contributed by atoms with E-state index < -0.39 is 11.7 Å². The van der Waals surface area contributed by atoms with Gasteiger partial charge in [0.2, 0.25) is 0 Å². The van der Waals surface area contributed by atoms with Crippen LogP contribution >= 0.6 is 11.9 Å². The largest absolute Gasteiger partial charge is 0.419 e. The number of alkyl halides is 3. The maximum absolute atomic E-state index is 12.7. The number of anilines is 1. The van der Waals surface area contributed by atoms with Crippen molar-refractivity contribution in [2.75, 3.05) is 4.72 Å². The fourth-order valence-electron chi connectivity index (χ4n) is 2.69. The van der Waals surface area contributed by atoms with E-state index in [-0.39, 0.29) is 11.4 Å². The Labute approximate surface area is 160 Å². The van der Waals surface area contributed by atoms with Crippen LogP contribution in [0.25, 0.3) is 16.7 Å². The number of hydrogen-bond acceptors (Lipinski definition) is 5. The highest BCUT2D eigenvalue weighted by Gasteiger charge is 2.32. The molecular weight excluding hydrogens is 393 g/mol. The van der Waals surface area contributed by atoms with Gasteiger partial charge < -0.3 is 4.72 Å². The summed E-state index contributed by atoms with van der Waals surface area (Å²) in [5, 5.41) is 6.94. The molecule has 0 radical (unpaired) electrons. The molecule has 0 aliphatic rings. The van der Waals surface area contributed by atoms with Crippen LogP contribution in [0.15, 0.2) is 58.6 Å². The smallest absolute Gasteiger partial charge is 0.325 e. The molecule has 0 bridgehead atoms. The van der Waals surface area contributed by atoms with Gasteiger partial charge in [0, 0.05) is 24.3 Å². The summed E-state index contributed by atoms with van der Waals surface area (Å²) in [6.07, 6.45) is -1.30. The van der Waals surface area contributed by atoms with Gasteiger partial charge in [0.25, 0.3) is 5.56 Å². The normalized spacial score (nSPS) is 11.9. The van der Waals surface area contributed by atoms with Crippen LogP contribution in [0.1, 0.15) is 5.56 Å². The molecule has 1 aromatic carbocycles. The van der Waals surface area contributed by atoms with Crippen LogP contribution in [0, 0.1) is 0 Å². The molecule has 0 aliphatic carbocycles. The number of H-pyrrole nitrogens is 1. The lowest BCUT2D eigenvalue weighted by Gasteiger charge is -2.07. The molecule has 7 nitrogen and oxygen atoms in total. The second-order valence-electron chi connectivity index (χ2n) is 5.93. The van der Waals surface area contributed by atoms with Crippen LogP contribution < -0.4 is 10.3 Å². The van der Waals surface area contributed by atoms with Crippen molar-refractivity contribution < 1.29 is 13.2 Å². The molecule has 0 saturated heterocycles. The van der Waals surface area contributed by atoms with E-state index in [4.69, 9.17) is 0 Å². The van der Waals surface area contributed by atoms with Crippen molar-refractivity contribution in [3.63, 3.8) is 0 Å². The van der Waals surface area contributed by atoms with E-state index in [0.717, 1.165) is 27.5 Å². The predicted molar refractivity (Wildman–Crippen MR) is 99.4 cm³/mol. The minimum absolute atomic E-state index is 0.200. The number of rotatable bonds is 4. The SMILES string of the molecule is Cn1[nH]c(=O)c2c(NSc3ccc(-n4cc(C(F)(F)F)cn4)nc3)cccc21. The number of benzene rings is 1. The van der Waals surface area contributed by atoms with E-state index >= 15 is 0 Å². The molecule has 3 aromatic heterocycles. The van der Waals surface area contributed by atoms with Crippen LogP contribution in [-0.4, -0.2) is 24.5 Å². The van der Waals surface area contributed by atoms with Crippen molar-refractivity contribution in [1.29, 1.82) is 0 Å². The summed E-state index contributed by atoms with van der Waals surface area (Å²) in [5.41, 5.74) is 0.378. The molecule has 0 fully saturated rings. The van der Waals surface area contributed by atoms with Crippen molar-refractivity contribution in [2.24, 2.45) is 7.05 Å². The van der Waals surface area contributed by atoms with Gasteiger partial charge in [-0.1, -0.05) is 6.07 Å². The van der Waals surface area contributed by atoms with Gasteiger partial charge in [0.15, 0.2) is 5.82 Å². The fraction of sp³-hybridized carbons (Fsp3) is 0.118. The molecule has 28 heavy (non-hydrogen) atoms. The summed E-state index contributed by atoms with van der Waals surface area (Å²) < 4.78 is 43.8. The van der Waals surface area contributed by atoms with Gasteiger partial charge in [-0.3, -0.25) is 14.6 Å². The summed E-state index contributed by atoms with van der Waals surface area (Å²) >= 11 is 1.24. The van der Waals surface area contributed by atoms with Crippen molar-refractivity contribution in [3.8, 4) is 5.82 Å². The Bertz CT molecular complexity index is 1190. The fourth-order valence-corrected chi connectivity index (χ4v) is 3.33. The molecule has 0 saturated carbocycles. The highest BCUT2D eigenvalue weighted by atomic mass is 32.2. The number of halogens is 3. The highest BCUT2D eigenvalue weighted by molar-refractivity contribution is 8.00. The van der Waals surface area contributed by atoms with Gasteiger partial charge in [0.1, 0.15) is 0 Å². The number of aryl methyl sites for hydroxylation is 1. The number of hydrogen-bond donors (Lipinski definition) is 2. The monoisotopic (exact) mass is 406 g/mol. The molecule has 144 valence electrons. The van der Waals surface area contributed by atoms with E-state index in [1.165, 1.54) is 18.1 Å². The third-order valence-corrected chi connectivity index (χ3v) is 4.84. The molecular formula is C17H13F3N6OS. The zero-order valence-electron chi connectivity index (χ0n) is 14.4. The Kier molecular flexibility index (Phi) is 4.38. The first-order chi connectivity index (χ1) is 13.3. The maximum atomic E-state index is 12.7. The van der Waals surface area contributed by atoms with E-state index in [0.29, 0.717) is 11.1 Å². The summed E-state index contributed by atoms with van der Waals surface area (Å²) in [6, 6.07) is 8.71. The average Bonchev–Trinajstić information content (AvgIpc) is 3.26. The van der Waals surface area contributed by atoms with Gasteiger partial charge >= 0.3 is 6.18 Å². The van der Waals surface area contributed by atoms with E-state index in [9.17, 15) is 18.0 Å². The molecule has 0 spiro atoms. The Hall–Kier alpha value is -3.21. The average molecular weight is 406 g/mol. The lowest BCUT2D eigenvalue weighted by atomic mass is 10.2.